The van der Waals surface area contributed by atoms with Gasteiger partial charge in [0.15, 0.2) is 0 Å². The fourth-order valence-corrected chi connectivity index (χ4v) is 2.93. The number of nitrogens with one attached hydrogen (secondary N) is 2. The monoisotopic (exact) mass is 303 g/mol. The van der Waals surface area contributed by atoms with Crippen LogP contribution in [0.25, 0.3) is 0 Å². The molecule has 6 heteroatoms. The van der Waals surface area contributed by atoms with E-state index in [0.717, 1.165) is 51.7 Å². The maximum Gasteiger partial charge on any atom is 0.240 e. The number of halogens is 1. The van der Waals surface area contributed by atoms with Crippen LogP contribution >= 0.6 is 12.4 Å². The molecule has 0 aromatic carbocycles. The van der Waals surface area contributed by atoms with Crippen molar-refractivity contribution >= 4 is 24.2 Å². The second kappa shape index (κ2) is 7.27. The Hall–Kier alpha value is -0.810. The first-order valence-corrected chi connectivity index (χ1v) is 7.33. The summed E-state index contributed by atoms with van der Waals surface area (Å²) < 4.78 is 0. The quantitative estimate of drug-likeness (QED) is 0.802. The van der Waals surface area contributed by atoms with Crippen molar-refractivity contribution in [3.8, 4) is 0 Å². The van der Waals surface area contributed by atoms with Crippen LogP contribution in [0.3, 0.4) is 0 Å². The highest BCUT2D eigenvalue weighted by Gasteiger charge is 2.35. The highest BCUT2D eigenvalue weighted by molar-refractivity contribution is 5.86. The zero-order valence-corrected chi connectivity index (χ0v) is 13.2. The molecule has 2 N–H and O–H groups in total. The van der Waals surface area contributed by atoms with E-state index < -0.39 is 5.54 Å². The van der Waals surface area contributed by atoms with E-state index in [1.807, 2.05) is 11.8 Å². The van der Waals surface area contributed by atoms with Crippen molar-refractivity contribution in [3.05, 3.63) is 0 Å². The Labute approximate surface area is 127 Å². The number of rotatable bonds is 2. The number of nitrogens with zero attached hydrogens (tertiary/aromatic N) is 1. The van der Waals surface area contributed by atoms with Crippen molar-refractivity contribution in [1.29, 1.82) is 0 Å². The van der Waals surface area contributed by atoms with Crippen LogP contribution in [0.15, 0.2) is 0 Å². The number of hydrogen-bond acceptors (Lipinski definition) is 3. The molecule has 0 bridgehead atoms. The van der Waals surface area contributed by atoms with Crippen molar-refractivity contribution in [2.24, 2.45) is 0 Å². The molecule has 2 aliphatic heterocycles. The van der Waals surface area contributed by atoms with Crippen molar-refractivity contribution in [3.63, 3.8) is 0 Å². The lowest BCUT2D eigenvalue weighted by atomic mass is 9.89. The van der Waals surface area contributed by atoms with Crippen LogP contribution in [0, 0.1) is 0 Å². The van der Waals surface area contributed by atoms with Crippen molar-refractivity contribution < 1.29 is 9.59 Å². The summed E-state index contributed by atoms with van der Waals surface area (Å²) >= 11 is 0. The van der Waals surface area contributed by atoms with Gasteiger partial charge >= 0.3 is 0 Å². The Morgan fingerprint density at radius 2 is 1.90 bits per heavy atom. The van der Waals surface area contributed by atoms with Gasteiger partial charge in [0.1, 0.15) is 0 Å². The highest BCUT2D eigenvalue weighted by Crippen LogP contribution is 2.20. The minimum atomic E-state index is -0.407. The number of piperidine rings is 2. The number of carbonyl (C=O) groups excluding carboxylic acids is 2. The predicted octanol–water partition coefficient (Wildman–Crippen LogP) is 1.07. The molecule has 20 heavy (non-hydrogen) atoms. The molecule has 2 amide bonds. The summed E-state index contributed by atoms with van der Waals surface area (Å²) in [5.41, 5.74) is -0.407. The topological polar surface area (TPSA) is 61.4 Å². The molecule has 2 rings (SSSR count). The third-order valence-corrected chi connectivity index (χ3v) is 4.40. The maximum atomic E-state index is 12.3. The van der Waals surface area contributed by atoms with E-state index in [2.05, 4.69) is 10.6 Å². The van der Waals surface area contributed by atoms with Gasteiger partial charge in [-0.05, 0) is 45.6 Å². The molecule has 2 heterocycles. The van der Waals surface area contributed by atoms with Gasteiger partial charge in [0.2, 0.25) is 11.8 Å². The molecule has 0 radical (unpaired) electrons. The minimum Gasteiger partial charge on any atom is -0.352 e. The van der Waals surface area contributed by atoms with Crippen molar-refractivity contribution in [2.45, 2.75) is 57.5 Å². The van der Waals surface area contributed by atoms with Crippen molar-refractivity contribution in [2.75, 3.05) is 19.6 Å². The van der Waals surface area contributed by atoms with Gasteiger partial charge in [0.25, 0.3) is 0 Å². The normalized spacial score (nSPS) is 27.6. The first kappa shape index (κ1) is 17.2. The molecule has 1 unspecified atom stereocenters. The van der Waals surface area contributed by atoms with Crippen LogP contribution in [0.1, 0.15) is 46.0 Å². The van der Waals surface area contributed by atoms with Crippen LogP contribution in [0.4, 0.5) is 0 Å². The van der Waals surface area contributed by atoms with Gasteiger partial charge in [-0.3, -0.25) is 9.59 Å². The lowest BCUT2D eigenvalue weighted by Gasteiger charge is -2.37. The first-order chi connectivity index (χ1) is 9.01. The average Bonchev–Trinajstić information content (AvgIpc) is 2.40. The van der Waals surface area contributed by atoms with Gasteiger partial charge in [0.05, 0.1) is 5.54 Å². The molecular weight excluding hydrogens is 278 g/mol. The van der Waals surface area contributed by atoms with Gasteiger partial charge in [-0.1, -0.05) is 0 Å². The Balaban J connectivity index is 0.00000200. The van der Waals surface area contributed by atoms with Gasteiger partial charge in [-0.25, -0.2) is 0 Å². The van der Waals surface area contributed by atoms with E-state index in [1.165, 1.54) is 0 Å². The Morgan fingerprint density at radius 3 is 2.40 bits per heavy atom. The molecule has 0 aliphatic carbocycles. The average molecular weight is 304 g/mol. The van der Waals surface area contributed by atoms with Crippen LogP contribution in [0.5, 0.6) is 0 Å². The predicted molar refractivity (Wildman–Crippen MR) is 80.9 cm³/mol. The zero-order valence-electron chi connectivity index (χ0n) is 12.4. The minimum absolute atomic E-state index is 0. The second-order valence-electron chi connectivity index (χ2n) is 5.97. The van der Waals surface area contributed by atoms with E-state index >= 15 is 0 Å². The molecule has 0 aromatic rings. The van der Waals surface area contributed by atoms with Crippen molar-refractivity contribution in [1.82, 2.24) is 15.5 Å². The number of hydrogen-bond donors (Lipinski definition) is 2. The molecule has 2 aliphatic rings. The van der Waals surface area contributed by atoms with Gasteiger partial charge in [0, 0.05) is 26.1 Å². The van der Waals surface area contributed by atoms with Crippen LogP contribution in [0.2, 0.25) is 0 Å². The molecule has 1 atom stereocenters. The first-order valence-electron chi connectivity index (χ1n) is 7.33. The molecular formula is C14H26ClN3O2. The summed E-state index contributed by atoms with van der Waals surface area (Å²) in [4.78, 5) is 25.5. The fraction of sp³-hybridized carbons (Fsp3) is 0.857. The second-order valence-corrected chi connectivity index (χ2v) is 5.97. The summed E-state index contributed by atoms with van der Waals surface area (Å²) in [6, 6.07) is 0.212. The third kappa shape index (κ3) is 4.09. The molecule has 0 saturated carbocycles. The fourth-order valence-electron chi connectivity index (χ4n) is 2.93. The number of likely N-dealkylation sites (tertiary alicyclic amines) is 1. The van der Waals surface area contributed by atoms with Crippen LogP contribution in [-0.4, -0.2) is 47.9 Å². The van der Waals surface area contributed by atoms with E-state index in [4.69, 9.17) is 0 Å². The van der Waals surface area contributed by atoms with E-state index in [-0.39, 0.29) is 30.3 Å². The summed E-state index contributed by atoms with van der Waals surface area (Å²) in [5, 5.41) is 6.48. The molecule has 116 valence electrons. The highest BCUT2D eigenvalue weighted by atomic mass is 35.5. The zero-order chi connectivity index (χ0) is 13.9. The maximum absolute atomic E-state index is 12.3. The van der Waals surface area contributed by atoms with E-state index in [9.17, 15) is 9.59 Å². The summed E-state index contributed by atoms with van der Waals surface area (Å²) in [6.07, 6.45) is 4.90. The molecule has 0 aromatic heterocycles. The van der Waals surface area contributed by atoms with Gasteiger partial charge in [-0.2, -0.15) is 0 Å². The molecule has 0 spiro atoms. The molecule has 5 nitrogen and oxygen atoms in total. The Bertz CT molecular complexity index is 348. The van der Waals surface area contributed by atoms with Gasteiger partial charge < -0.3 is 15.5 Å². The summed E-state index contributed by atoms with van der Waals surface area (Å²) in [6.45, 7) is 6.03. The van der Waals surface area contributed by atoms with E-state index in [0.29, 0.717) is 0 Å². The summed E-state index contributed by atoms with van der Waals surface area (Å²) in [5.74, 6) is 0.249. The number of amides is 2. The smallest absolute Gasteiger partial charge is 0.240 e. The van der Waals surface area contributed by atoms with E-state index in [1.54, 1.807) is 6.92 Å². The third-order valence-electron chi connectivity index (χ3n) is 4.40. The Morgan fingerprint density at radius 1 is 1.25 bits per heavy atom. The van der Waals surface area contributed by atoms with Crippen LogP contribution in [-0.2, 0) is 9.59 Å². The number of carbonyl (C=O) groups is 2. The SMILES string of the molecule is CC(=O)N1CCC(NC(=O)C2(C)CCCCN2)CC1.Cl. The lowest BCUT2D eigenvalue weighted by molar-refractivity contribution is -0.131. The van der Waals surface area contributed by atoms with Gasteiger partial charge in [-0.15, -0.1) is 12.4 Å². The Kier molecular flexibility index (Phi) is 6.27. The largest absolute Gasteiger partial charge is 0.352 e. The van der Waals surface area contributed by atoms with Crippen LogP contribution < -0.4 is 10.6 Å². The summed E-state index contributed by atoms with van der Waals surface area (Å²) in [7, 11) is 0. The lowest BCUT2D eigenvalue weighted by Crippen LogP contribution is -2.59. The molecule has 2 fully saturated rings. The standard InChI is InChI=1S/C14H25N3O2.ClH/c1-11(18)17-9-5-12(6-10-17)16-13(19)14(2)7-3-4-8-15-14;/h12,15H,3-10H2,1-2H3,(H,16,19);1H. The molecule has 2 saturated heterocycles.